The first kappa shape index (κ1) is 16.2. The van der Waals surface area contributed by atoms with Gasteiger partial charge in [-0.05, 0) is 29.3 Å². The fourth-order valence-corrected chi connectivity index (χ4v) is 1.71. The van der Waals surface area contributed by atoms with Gasteiger partial charge in [0.2, 0.25) is 0 Å². The van der Waals surface area contributed by atoms with E-state index in [1.165, 1.54) is 6.08 Å². The highest BCUT2D eigenvalue weighted by Gasteiger charge is 1.99. The van der Waals surface area contributed by atoms with Crippen LogP contribution in [0.4, 0.5) is 4.39 Å². The molecule has 0 aliphatic carbocycles. The summed E-state index contributed by atoms with van der Waals surface area (Å²) in [5.74, 6) is 0.287. The van der Waals surface area contributed by atoms with Gasteiger partial charge >= 0.3 is 0 Å². The van der Waals surface area contributed by atoms with Gasteiger partial charge in [-0.1, -0.05) is 42.5 Å². The predicted octanol–water partition coefficient (Wildman–Crippen LogP) is 3.97. The third-order valence-corrected chi connectivity index (χ3v) is 2.68. The normalized spacial score (nSPS) is 10.8. The Balaban J connectivity index is 0.00000200. The Labute approximate surface area is 124 Å². The zero-order valence-electron chi connectivity index (χ0n) is 11.0. The van der Waals surface area contributed by atoms with Crippen molar-refractivity contribution in [3.63, 3.8) is 0 Å². The largest absolute Gasteiger partial charge is 0.487 e. The molecule has 0 saturated heterocycles. The zero-order chi connectivity index (χ0) is 13.5. The van der Waals surface area contributed by atoms with Crippen molar-refractivity contribution in [2.45, 2.75) is 0 Å². The van der Waals surface area contributed by atoms with Crippen molar-refractivity contribution in [3.05, 3.63) is 66.5 Å². The molecular weight excluding hydrogens is 277 g/mol. The molecule has 0 radical (unpaired) electrons. The molecule has 0 heterocycles. The Morgan fingerprint density at radius 2 is 1.60 bits per heavy atom. The molecule has 0 fully saturated rings. The van der Waals surface area contributed by atoms with E-state index in [1.54, 1.807) is 0 Å². The van der Waals surface area contributed by atoms with Gasteiger partial charge in [-0.3, -0.25) is 0 Å². The van der Waals surface area contributed by atoms with Gasteiger partial charge in [0.1, 0.15) is 18.2 Å². The molecule has 0 saturated carbocycles. The molecule has 0 amide bonds. The molecule has 0 bridgehead atoms. The molecule has 4 heteroatoms. The lowest BCUT2D eigenvalue weighted by atomic mass is 10.1. The Morgan fingerprint density at radius 3 is 2.20 bits per heavy atom. The van der Waals surface area contributed by atoms with Crippen LogP contribution in [-0.2, 0) is 0 Å². The topological polar surface area (TPSA) is 35.2 Å². The number of rotatable bonds is 5. The van der Waals surface area contributed by atoms with E-state index >= 15 is 0 Å². The first-order chi connectivity index (χ1) is 9.29. The zero-order valence-corrected chi connectivity index (χ0v) is 11.8. The fourth-order valence-electron chi connectivity index (χ4n) is 1.71. The van der Waals surface area contributed by atoms with Gasteiger partial charge in [0.15, 0.2) is 0 Å². The molecule has 0 aliphatic rings. The second-order valence-corrected chi connectivity index (χ2v) is 4.07. The van der Waals surface area contributed by atoms with Crippen molar-refractivity contribution < 1.29 is 9.13 Å². The maximum absolute atomic E-state index is 13.1. The number of hydrogen-bond acceptors (Lipinski definition) is 2. The van der Waals surface area contributed by atoms with E-state index in [0.717, 1.165) is 11.1 Å². The Bertz CT molecular complexity index is 540. The van der Waals surface area contributed by atoms with Crippen molar-refractivity contribution in [1.82, 2.24) is 0 Å². The monoisotopic (exact) mass is 293 g/mol. The van der Waals surface area contributed by atoms with Crippen LogP contribution in [0, 0.1) is 0 Å². The van der Waals surface area contributed by atoms with Gasteiger partial charge in [0.25, 0.3) is 0 Å². The molecule has 2 rings (SSSR count). The molecule has 2 aromatic carbocycles. The lowest BCUT2D eigenvalue weighted by Gasteiger charge is -2.06. The number of benzene rings is 2. The molecule has 0 aromatic heterocycles. The van der Waals surface area contributed by atoms with E-state index < -0.39 is 0 Å². The Morgan fingerprint density at radius 1 is 1.00 bits per heavy atom. The highest BCUT2D eigenvalue weighted by atomic mass is 35.5. The van der Waals surface area contributed by atoms with E-state index in [-0.39, 0.29) is 31.4 Å². The van der Waals surface area contributed by atoms with Crippen LogP contribution in [0.2, 0.25) is 0 Å². The second-order valence-electron chi connectivity index (χ2n) is 4.07. The first-order valence-corrected chi connectivity index (χ1v) is 6.12. The van der Waals surface area contributed by atoms with Crippen LogP contribution in [0.5, 0.6) is 5.75 Å². The minimum atomic E-state index is -0.352. The van der Waals surface area contributed by atoms with Crippen molar-refractivity contribution in [3.8, 4) is 16.9 Å². The van der Waals surface area contributed by atoms with Crippen LogP contribution in [0.1, 0.15) is 0 Å². The number of nitrogens with two attached hydrogens (primary N) is 1. The molecule has 2 aromatic rings. The maximum Gasteiger partial charge on any atom is 0.139 e. The minimum absolute atomic E-state index is 0. The molecule has 106 valence electrons. The summed E-state index contributed by atoms with van der Waals surface area (Å²) in [7, 11) is 0. The van der Waals surface area contributed by atoms with Crippen molar-refractivity contribution in [2.75, 3.05) is 13.2 Å². The quantitative estimate of drug-likeness (QED) is 0.905. The molecule has 0 aliphatic heterocycles. The van der Waals surface area contributed by atoms with Gasteiger partial charge in [0.05, 0.1) is 0 Å². The molecule has 0 atom stereocenters. The lowest BCUT2D eigenvalue weighted by Crippen LogP contribution is -2.01. The summed E-state index contributed by atoms with van der Waals surface area (Å²) < 4.78 is 18.4. The number of halogens is 2. The van der Waals surface area contributed by atoms with Gasteiger partial charge in [-0.25, -0.2) is 4.39 Å². The maximum atomic E-state index is 13.1. The van der Waals surface area contributed by atoms with E-state index in [9.17, 15) is 4.39 Å². The van der Waals surface area contributed by atoms with Crippen LogP contribution in [0.25, 0.3) is 11.1 Å². The Hall–Kier alpha value is -1.84. The number of hydrogen-bond donors (Lipinski definition) is 1. The summed E-state index contributed by atoms with van der Waals surface area (Å²) in [4.78, 5) is 0. The molecule has 0 unspecified atom stereocenters. The van der Waals surface area contributed by atoms with Gasteiger partial charge < -0.3 is 10.5 Å². The summed E-state index contributed by atoms with van der Waals surface area (Å²) >= 11 is 0. The van der Waals surface area contributed by atoms with Crippen LogP contribution >= 0.6 is 12.4 Å². The van der Waals surface area contributed by atoms with E-state index in [1.807, 2.05) is 54.6 Å². The highest BCUT2D eigenvalue weighted by Crippen LogP contribution is 2.22. The third-order valence-electron chi connectivity index (χ3n) is 2.68. The van der Waals surface area contributed by atoms with E-state index in [0.29, 0.717) is 5.75 Å². The van der Waals surface area contributed by atoms with Crippen LogP contribution in [0.3, 0.4) is 0 Å². The summed E-state index contributed by atoms with van der Waals surface area (Å²) in [5.41, 5.74) is 7.46. The molecule has 2 N–H and O–H groups in total. The van der Waals surface area contributed by atoms with Crippen molar-refractivity contribution >= 4 is 12.4 Å². The minimum Gasteiger partial charge on any atom is -0.487 e. The van der Waals surface area contributed by atoms with Crippen LogP contribution in [-0.4, -0.2) is 13.2 Å². The van der Waals surface area contributed by atoms with Gasteiger partial charge in [-0.2, -0.15) is 0 Å². The SMILES string of the molecule is Cl.NC/C=C(\F)COc1ccc(-c2ccccc2)cc1. The smallest absolute Gasteiger partial charge is 0.139 e. The molecular formula is C16H17ClFNO. The highest BCUT2D eigenvalue weighted by molar-refractivity contribution is 5.85. The lowest BCUT2D eigenvalue weighted by molar-refractivity contribution is 0.318. The van der Waals surface area contributed by atoms with E-state index in [2.05, 4.69) is 0 Å². The third kappa shape index (κ3) is 4.68. The molecule has 20 heavy (non-hydrogen) atoms. The summed E-state index contributed by atoms with van der Waals surface area (Å²) in [6.45, 7) is 0.101. The van der Waals surface area contributed by atoms with E-state index in [4.69, 9.17) is 10.5 Å². The number of ether oxygens (including phenoxy) is 1. The van der Waals surface area contributed by atoms with Crippen molar-refractivity contribution in [2.24, 2.45) is 5.73 Å². The van der Waals surface area contributed by atoms with Gasteiger partial charge in [0, 0.05) is 6.54 Å². The van der Waals surface area contributed by atoms with Crippen LogP contribution in [0.15, 0.2) is 66.5 Å². The van der Waals surface area contributed by atoms with Gasteiger partial charge in [-0.15, -0.1) is 12.4 Å². The predicted molar refractivity (Wildman–Crippen MR) is 82.9 cm³/mol. The van der Waals surface area contributed by atoms with Crippen LogP contribution < -0.4 is 10.5 Å². The van der Waals surface area contributed by atoms with Crippen molar-refractivity contribution in [1.29, 1.82) is 0 Å². The standard InChI is InChI=1S/C16H16FNO.ClH/c17-15(10-11-18)12-19-16-8-6-14(7-9-16)13-4-2-1-3-5-13;/h1-10H,11-12,18H2;1H/b15-10-;. The first-order valence-electron chi connectivity index (χ1n) is 6.12. The fraction of sp³-hybridized carbons (Fsp3) is 0.125. The average molecular weight is 294 g/mol. The molecule has 2 nitrogen and oxygen atoms in total. The summed E-state index contributed by atoms with van der Waals surface area (Å²) in [5, 5.41) is 0. The summed E-state index contributed by atoms with van der Waals surface area (Å²) in [6, 6.07) is 17.6. The average Bonchev–Trinajstić information content (AvgIpc) is 2.47. The molecule has 0 spiro atoms. The Kier molecular flexibility index (Phi) is 6.77. The second kappa shape index (κ2) is 8.35. The summed E-state index contributed by atoms with van der Waals surface area (Å²) in [6.07, 6.45) is 1.30.